The highest BCUT2D eigenvalue weighted by Crippen LogP contribution is 2.12. The number of aliphatic hydroxyl groups is 1. The summed E-state index contributed by atoms with van der Waals surface area (Å²) in [6.45, 7) is 3.30. The van der Waals surface area contributed by atoms with Crippen molar-refractivity contribution >= 4 is 15.9 Å². The van der Waals surface area contributed by atoms with Gasteiger partial charge in [-0.05, 0) is 38.8 Å². The molecular formula is C14H28BrNO. The second-order valence-electron chi connectivity index (χ2n) is 5.26. The van der Waals surface area contributed by atoms with Gasteiger partial charge in [0.1, 0.15) is 0 Å². The van der Waals surface area contributed by atoms with E-state index >= 15 is 0 Å². The van der Waals surface area contributed by atoms with Crippen LogP contribution in [-0.2, 0) is 0 Å². The van der Waals surface area contributed by atoms with Crippen molar-refractivity contribution in [3.63, 3.8) is 0 Å². The average Bonchev–Trinajstić information content (AvgIpc) is 2.33. The normalized spacial score (nSPS) is 21.9. The van der Waals surface area contributed by atoms with Gasteiger partial charge in [0.05, 0.1) is 6.10 Å². The molecule has 0 saturated carbocycles. The predicted molar refractivity (Wildman–Crippen MR) is 77.8 cm³/mol. The van der Waals surface area contributed by atoms with Gasteiger partial charge in [-0.25, -0.2) is 0 Å². The SMILES string of the molecule is OC1CCCN(CCCCCCCCCBr)C1. The Kier molecular flexibility index (Phi) is 9.40. The summed E-state index contributed by atoms with van der Waals surface area (Å²) < 4.78 is 0. The Labute approximate surface area is 115 Å². The summed E-state index contributed by atoms with van der Waals surface area (Å²) >= 11 is 3.47. The Balaban J connectivity index is 1.83. The van der Waals surface area contributed by atoms with Crippen LogP contribution in [0.3, 0.4) is 0 Å². The maximum atomic E-state index is 9.56. The lowest BCUT2D eigenvalue weighted by Crippen LogP contribution is -2.38. The lowest BCUT2D eigenvalue weighted by atomic mass is 10.1. The molecule has 102 valence electrons. The molecule has 3 heteroatoms. The van der Waals surface area contributed by atoms with Crippen LogP contribution in [0.25, 0.3) is 0 Å². The van der Waals surface area contributed by atoms with Gasteiger partial charge in [-0.1, -0.05) is 48.0 Å². The number of rotatable bonds is 9. The fourth-order valence-electron chi connectivity index (χ4n) is 2.55. The molecule has 1 N–H and O–H groups in total. The van der Waals surface area contributed by atoms with Gasteiger partial charge in [0.25, 0.3) is 0 Å². The van der Waals surface area contributed by atoms with E-state index in [4.69, 9.17) is 0 Å². The Morgan fingerprint density at radius 2 is 1.65 bits per heavy atom. The largest absolute Gasteiger partial charge is 0.392 e. The number of β-amino-alcohol motifs (C(OH)–C–C–N with tert-alkyl or cyclic N) is 1. The second kappa shape index (κ2) is 10.3. The summed E-state index contributed by atoms with van der Waals surface area (Å²) in [5, 5.41) is 10.7. The van der Waals surface area contributed by atoms with E-state index in [2.05, 4.69) is 20.8 Å². The highest BCUT2D eigenvalue weighted by Gasteiger charge is 2.16. The van der Waals surface area contributed by atoms with Gasteiger partial charge in [0, 0.05) is 11.9 Å². The molecule has 0 aliphatic carbocycles. The Morgan fingerprint density at radius 3 is 2.29 bits per heavy atom. The highest BCUT2D eigenvalue weighted by molar-refractivity contribution is 9.09. The highest BCUT2D eigenvalue weighted by atomic mass is 79.9. The zero-order valence-corrected chi connectivity index (χ0v) is 12.6. The van der Waals surface area contributed by atoms with Crippen molar-refractivity contribution in [2.45, 2.75) is 63.9 Å². The van der Waals surface area contributed by atoms with Crippen molar-refractivity contribution in [1.82, 2.24) is 4.90 Å². The van der Waals surface area contributed by atoms with Crippen LogP contribution < -0.4 is 0 Å². The van der Waals surface area contributed by atoms with Crippen molar-refractivity contribution in [1.29, 1.82) is 0 Å². The minimum absolute atomic E-state index is 0.0620. The van der Waals surface area contributed by atoms with Crippen molar-refractivity contribution in [3.8, 4) is 0 Å². The summed E-state index contributed by atoms with van der Waals surface area (Å²) in [4.78, 5) is 2.43. The van der Waals surface area contributed by atoms with Gasteiger partial charge < -0.3 is 10.0 Å². The van der Waals surface area contributed by atoms with Crippen LogP contribution in [-0.4, -0.2) is 41.1 Å². The van der Waals surface area contributed by atoms with Crippen LogP contribution in [0.2, 0.25) is 0 Å². The molecule has 1 heterocycles. The third-order valence-corrected chi connectivity index (χ3v) is 4.15. The topological polar surface area (TPSA) is 23.5 Å². The first kappa shape index (κ1) is 15.5. The number of halogens is 1. The molecule has 17 heavy (non-hydrogen) atoms. The van der Waals surface area contributed by atoms with E-state index in [1.54, 1.807) is 0 Å². The number of hydrogen-bond donors (Lipinski definition) is 1. The van der Waals surface area contributed by atoms with Gasteiger partial charge in [0.15, 0.2) is 0 Å². The van der Waals surface area contributed by atoms with Gasteiger partial charge in [-0.2, -0.15) is 0 Å². The third-order valence-electron chi connectivity index (χ3n) is 3.59. The number of piperidine rings is 1. The van der Waals surface area contributed by atoms with Crippen molar-refractivity contribution < 1.29 is 5.11 Å². The van der Waals surface area contributed by atoms with Crippen molar-refractivity contribution in [3.05, 3.63) is 0 Å². The van der Waals surface area contributed by atoms with E-state index in [1.807, 2.05) is 0 Å². The Bertz CT molecular complexity index is 178. The van der Waals surface area contributed by atoms with Gasteiger partial charge in [-0.15, -0.1) is 0 Å². The standard InChI is InChI=1S/C14H28BrNO/c15-10-6-4-2-1-3-5-7-11-16-12-8-9-14(17)13-16/h14,17H,1-13H2. The number of likely N-dealkylation sites (tertiary alicyclic amines) is 1. The Morgan fingerprint density at radius 1 is 1.00 bits per heavy atom. The van der Waals surface area contributed by atoms with Crippen LogP contribution in [0.1, 0.15) is 57.8 Å². The molecule has 2 nitrogen and oxygen atoms in total. The number of aliphatic hydroxyl groups excluding tert-OH is 1. The van der Waals surface area contributed by atoms with E-state index in [1.165, 1.54) is 64.5 Å². The lowest BCUT2D eigenvalue weighted by molar-refractivity contribution is 0.0698. The molecule has 0 aromatic heterocycles. The molecule has 0 amide bonds. The molecule has 1 fully saturated rings. The van der Waals surface area contributed by atoms with Crippen LogP contribution in [0.15, 0.2) is 0 Å². The van der Waals surface area contributed by atoms with Gasteiger partial charge >= 0.3 is 0 Å². The second-order valence-corrected chi connectivity index (χ2v) is 6.05. The number of nitrogens with zero attached hydrogens (tertiary/aromatic N) is 1. The maximum Gasteiger partial charge on any atom is 0.0667 e. The molecule has 1 saturated heterocycles. The summed E-state index contributed by atoms with van der Waals surface area (Å²) in [5.41, 5.74) is 0. The third kappa shape index (κ3) is 8.17. The van der Waals surface area contributed by atoms with Crippen LogP contribution >= 0.6 is 15.9 Å². The fraction of sp³-hybridized carbons (Fsp3) is 1.00. The lowest BCUT2D eigenvalue weighted by Gasteiger charge is -2.29. The van der Waals surface area contributed by atoms with Crippen LogP contribution in [0.5, 0.6) is 0 Å². The molecule has 1 rings (SSSR count). The molecule has 0 spiro atoms. The maximum absolute atomic E-state index is 9.56. The predicted octanol–water partition coefficient (Wildman–Crippen LogP) is 3.57. The first-order chi connectivity index (χ1) is 8.33. The van der Waals surface area contributed by atoms with E-state index in [0.29, 0.717) is 0 Å². The van der Waals surface area contributed by atoms with E-state index < -0.39 is 0 Å². The Hall–Kier alpha value is 0.400. The molecule has 0 radical (unpaired) electrons. The summed E-state index contributed by atoms with van der Waals surface area (Å²) in [5.74, 6) is 0. The monoisotopic (exact) mass is 305 g/mol. The van der Waals surface area contributed by atoms with Gasteiger partial charge in [0.2, 0.25) is 0 Å². The van der Waals surface area contributed by atoms with E-state index in [0.717, 1.165) is 18.3 Å². The average molecular weight is 306 g/mol. The zero-order chi connectivity index (χ0) is 12.3. The summed E-state index contributed by atoms with van der Waals surface area (Å²) in [6, 6.07) is 0. The first-order valence-corrected chi connectivity index (χ1v) is 8.41. The molecule has 1 atom stereocenters. The minimum Gasteiger partial charge on any atom is -0.392 e. The number of hydrogen-bond acceptors (Lipinski definition) is 2. The fourth-order valence-corrected chi connectivity index (χ4v) is 2.94. The molecule has 1 unspecified atom stereocenters. The minimum atomic E-state index is -0.0620. The molecular weight excluding hydrogens is 278 g/mol. The van der Waals surface area contributed by atoms with Crippen molar-refractivity contribution in [2.24, 2.45) is 0 Å². The number of alkyl halides is 1. The first-order valence-electron chi connectivity index (χ1n) is 7.29. The van der Waals surface area contributed by atoms with E-state index in [9.17, 15) is 5.11 Å². The zero-order valence-electron chi connectivity index (χ0n) is 11.0. The van der Waals surface area contributed by atoms with Gasteiger partial charge in [-0.3, -0.25) is 0 Å². The summed E-state index contributed by atoms with van der Waals surface area (Å²) in [7, 11) is 0. The van der Waals surface area contributed by atoms with E-state index in [-0.39, 0.29) is 6.10 Å². The summed E-state index contributed by atoms with van der Waals surface area (Å²) in [6.07, 6.45) is 11.7. The quantitative estimate of drug-likeness (QED) is 0.520. The van der Waals surface area contributed by atoms with Crippen LogP contribution in [0, 0.1) is 0 Å². The van der Waals surface area contributed by atoms with Crippen molar-refractivity contribution in [2.75, 3.05) is 25.0 Å². The smallest absolute Gasteiger partial charge is 0.0667 e. The molecule has 1 aliphatic heterocycles. The molecule has 0 bridgehead atoms. The van der Waals surface area contributed by atoms with Crippen LogP contribution in [0.4, 0.5) is 0 Å². The number of unbranched alkanes of at least 4 members (excludes halogenated alkanes) is 6. The molecule has 0 aromatic carbocycles. The molecule has 0 aromatic rings. The molecule has 1 aliphatic rings.